The molecule has 7 N–H and O–H groups in total. The molecule has 0 aromatic rings. The molecule has 1 aliphatic rings. The Bertz CT molecular complexity index is 332. The lowest BCUT2D eigenvalue weighted by molar-refractivity contribution is -0.181. The maximum Gasteiger partial charge on any atom is 0.336 e. The molecule has 0 saturated heterocycles. The Hall–Kier alpha value is -1.22. The van der Waals surface area contributed by atoms with Crippen LogP contribution in [-0.2, 0) is 14.3 Å². The molecule has 3 unspecified atom stereocenters. The van der Waals surface area contributed by atoms with Gasteiger partial charge in [-0.15, -0.1) is 0 Å². The molecule has 0 radical (unpaired) electrons. The molecule has 0 aliphatic heterocycles. The van der Waals surface area contributed by atoms with E-state index in [1.54, 1.807) is 0 Å². The monoisotopic (exact) mass is 262 g/mol. The van der Waals surface area contributed by atoms with Gasteiger partial charge in [-0.3, -0.25) is 0 Å². The minimum Gasteiger partial charge on any atom is -0.479 e. The van der Waals surface area contributed by atoms with Crippen molar-refractivity contribution in [2.24, 2.45) is 11.5 Å². The van der Waals surface area contributed by atoms with Crippen LogP contribution in [0.15, 0.2) is 0 Å². The zero-order valence-electron chi connectivity index (χ0n) is 9.78. The fraction of sp³-hybridized carbons (Fsp3) is 0.800. The molecule has 0 spiro atoms. The SMILES string of the molecule is NC1(N)CCCCC1OC(C(=O)O)C(O)C(=O)O. The van der Waals surface area contributed by atoms with Crippen molar-refractivity contribution in [2.75, 3.05) is 0 Å². The van der Waals surface area contributed by atoms with E-state index in [1.807, 2.05) is 0 Å². The number of aliphatic carboxylic acids is 2. The fourth-order valence-electron chi connectivity index (χ4n) is 1.96. The zero-order chi connectivity index (χ0) is 13.9. The van der Waals surface area contributed by atoms with Gasteiger partial charge in [-0.05, 0) is 12.8 Å². The molecule has 3 atom stereocenters. The van der Waals surface area contributed by atoms with Crippen molar-refractivity contribution >= 4 is 11.9 Å². The van der Waals surface area contributed by atoms with Gasteiger partial charge in [0.05, 0.1) is 11.8 Å². The fourth-order valence-corrected chi connectivity index (χ4v) is 1.96. The van der Waals surface area contributed by atoms with Crippen molar-refractivity contribution < 1.29 is 29.6 Å². The number of carboxylic acids is 2. The first-order chi connectivity index (χ1) is 8.25. The third-order valence-corrected chi connectivity index (χ3v) is 3.02. The molecule has 0 heterocycles. The van der Waals surface area contributed by atoms with Crippen LogP contribution >= 0.6 is 0 Å². The molecule has 18 heavy (non-hydrogen) atoms. The molecule has 1 saturated carbocycles. The molecule has 8 heteroatoms. The topological polar surface area (TPSA) is 156 Å². The zero-order valence-corrected chi connectivity index (χ0v) is 9.78. The molecule has 0 aromatic heterocycles. The molecule has 0 aromatic carbocycles. The second kappa shape index (κ2) is 5.61. The standard InChI is InChI=1S/C10H18N2O6/c11-10(12)4-2-1-3-5(10)18-7(9(16)17)6(13)8(14)15/h5-7,13H,1-4,11-12H2,(H,14,15)(H,16,17). The van der Waals surface area contributed by atoms with Crippen LogP contribution in [-0.4, -0.2) is 51.2 Å². The molecule has 0 bridgehead atoms. The van der Waals surface area contributed by atoms with E-state index < -0.39 is 35.9 Å². The average Bonchev–Trinajstić information content (AvgIpc) is 2.25. The van der Waals surface area contributed by atoms with E-state index in [1.165, 1.54) is 0 Å². The molecule has 0 amide bonds. The van der Waals surface area contributed by atoms with Crippen molar-refractivity contribution in [3.63, 3.8) is 0 Å². The van der Waals surface area contributed by atoms with Crippen molar-refractivity contribution in [3.8, 4) is 0 Å². The van der Waals surface area contributed by atoms with Gasteiger partial charge in [-0.2, -0.15) is 0 Å². The largest absolute Gasteiger partial charge is 0.479 e. The number of nitrogens with two attached hydrogens (primary N) is 2. The maximum atomic E-state index is 10.9. The van der Waals surface area contributed by atoms with E-state index in [0.29, 0.717) is 12.8 Å². The van der Waals surface area contributed by atoms with Gasteiger partial charge in [0.25, 0.3) is 0 Å². The van der Waals surface area contributed by atoms with E-state index in [2.05, 4.69) is 0 Å². The molecule has 104 valence electrons. The van der Waals surface area contributed by atoms with Gasteiger partial charge in [-0.25, -0.2) is 9.59 Å². The second-order valence-electron chi connectivity index (χ2n) is 4.52. The Labute approximate surface area is 104 Å². The van der Waals surface area contributed by atoms with Crippen molar-refractivity contribution in [2.45, 2.75) is 49.7 Å². The van der Waals surface area contributed by atoms with E-state index in [4.69, 9.17) is 26.4 Å². The molecule has 1 rings (SSSR count). The minimum absolute atomic E-state index is 0.434. The van der Waals surface area contributed by atoms with Crippen molar-refractivity contribution in [1.29, 1.82) is 0 Å². The highest BCUT2D eigenvalue weighted by Gasteiger charge is 2.41. The van der Waals surface area contributed by atoms with Crippen LogP contribution in [0.4, 0.5) is 0 Å². The predicted molar refractivity (Wildman–Crippen MR) is 59.5 cm³/mol. The van der Waals surface area contributed by atoms with E-state index in [-0.39, 0.29) is 0 Å². The molecule has 8 nitrogen and oxygen atoms in total. The third-order valence-electron chi connectivity index (χ3n) is 3.02. The van der Waals surface area contributed by atoms with Crippen LogP contribution < -0.4 is 11.5 Å². The van der Waals surface area contributed by atoms with Gasteiger partial charge in [-0.1, -0.05) is 12.8 Å². The van der Waals surface area contributed by atoms with Crippen molar-refractivity contribution in [1.82, 2.24) is 0 Å². The van der Waals surface area contributed by atoms with Crippen LogP contribution in [0.2, 0.25) is 0 Å². The number of ether oxygens (including phenoxy) is 1. The second-order valence-corrected chi connectivity index (χ2v) is 4.52. The lowest BCUT2D eigenvalue weighted by Gasteiger charge is -2.39. The highest BCUT2D eigenvalue weighted by molar-refractivity contribution is 5.83. The van der Waals surface area contributed by atoms with Gasteiger partial charge in [0.1, 0.15) is 0 Å². The number of aliphatic hydroxyl groups excluding tert-OH is 1. The van der Waals surface area contributed by atoms with Crippen LogP contribution in [0.1, 0.15) is 25.7 Å². The number of carbonyl (C=O) groups is 2. The number of carboxylic acid groups (broad SMARTS) is 2. The first-order valence-electron chi connectivity index (χ1n) is 5.62. The predicted octanol–water partition coefficient (Wildman–Crippen LogP) is -1.54. The van der Waals surface area contributed by atoms with E-state index >= 15 is 0 Å². The van der Waals surface area contributed by atoms with E-state index in [0.717, 1.165) is 12.8 Å². The Morgan fingerprint density at radius 1 is 1.22 bits per heavy atom. The Morgan fingerprint density at radius 2 is 1.83 bits per heavy atom. The molecular weight excluding hydrogens is 244 g/mol. The third kappa shape index (κ3) is 3.39. The smallest absolute Gasteiger partial charge is 0.336 e. The highest BCUT2D eigenvalue weighted by atomic mass is 16.5. The highest BCUT2D eigenvalue weighted by Crippen LogP contribution is 2.26. The van der Waals surface area contributed by atoms with Gasteiger partial charge < -0.3 is 31.5 Å². The number of rotatable bonds is 5. The number of hydrogen-bond acceptors (Lipinski definition) is 6. The quantitative estimate of drug-likeness (QED) is 0.373. The summed E-state index contributed by atoms with van der Waals surface area (Å²) in [5.74, 6) is -3.23. The van der Waals surface area contributed by atoms with Gasteiger partial charge in [0.2, 0.25) is 0 Å². The summed E-state index contributed by atoms with van der Waals surface area (Å²) in [5.41, 5.74) is 10.4. The first kappa shape index (κ1) is 14.8. The maximum absolute atomic E-state index is 10.9. The number of hydrogen-bond donors (Lipinski definition) is 5. The van der Waals surface area contributed by atoms with Crippen LogP contribution in [0.3, 0.4) is 0 Å². The minimum atomic E-state index is -2.15. The summed E-state index contributed by atoms with van der Waals surface area (Å²) in [5, 5.41) is 26.7. The molecular formula is C10H18N2O6. The van der Waals surface area contributed by atoms with E-state index in [9.17, 15) is 14.7 Å². The first-order valence-corrected chi connectivity index (χ1v) is 5.62. The summed E-state index contributed by atoms with van der Waals surface area (Å²) in [6.45, 7) is 0. The summed E-state index contributed by atoms with van der Waals surface area (Å²) in [7, 11) is 0. The van der Waals surface area contributed by atoms with Crippen LogP contribution in [0.25, 0.3) is 0 Å². The Kier molecular flexibility index (Phi) is 4.63. The summed E-state index contributed by atoms with van der Waals surface area (Å²) in [6.07, 6.45) is -2.38. The Morgan fingerprint density at radius 3 is 2.28 bits per heavy atom. The van der Waals surface area contributed by atoms with Crippen LogP contribution in [0.5, 0.6) is 0 Å². The lowest BCUT2D eigenvalue weighted by Crippen LogP contribution is -2.63. The van der Waals surface area contributed by atoms with Crippen LogP contribution in [0, 0.1) is 0 Å². The van der Waals surface area contributed by atoms with Gasteiger partial charge in [0.15, 0.2) is 12.2 Å². The van der Waals surface area contributed by atoms with Crippen molar-refractivity contribution in [3.05, 3.63) is 0 Å². The Balaban J connectivity index is 2.77. The summed E-state index contributed by atoms with van der Waals surface area (Å²) < 4.78 is 5.11. The van der Waals surface area contributed by atoms with Gasteiger partial charge >= 0.3 is 11.9 Å². The van der Waals surface area contributed by atoms with Gasteiger partial charge in [0, 0.05) is 0 Å². The summed E-state index contributed by atoms with van der Waals surface area (Å²) in [4.78, 5) is 21.5. The molecule has 1 aliphatic carbocycles. The summed E-state index contributed by atoms with van der Waals surface area (Å²) in [6, 6.07) is 0. The lowest BCUT2D eigenvalue weighted by atomic mass is 9.87. The number of aliphatic hydroxyl groups is 1. The average molecular weight is 262 g/mol. The normalized spacial score (nSPS) is 26.3. The molecule has 1 fully saturated rings. The summed E-state index contributed by atoms with van der Waals surface area (Å²) >= 11 is 0.